The molecular formula is C19H36O3. The largest absolute Gasteiger partial charge is 0.396 e. The zero-order valence-corrected chi connectivity index (χ0v) is 14.4. The van der Waals surface area contributed by atoms with Crippen molar-refractivity contribution in [3.05, 3.63) is 0 Å². The molecule has 2 fully saturated rings. The van der Waals surface area contributed by atoms with Crippen LogP contribution in [0.3, 0.4) is 0 Å². The maximum Gasteiger partial charge on any atom is 0.0540 e. The van der Waals surface area contributed by atoms with Gasteiger partial charge in [-0.2, -0.15) is 0 Å². The topological polar surface area (TPSA) is 60.7 Å². The lowest BCUT2D eigenvalue weighted by Crippen LogP contribution is -2.28. The van der Waals surface area contributed by atoms with E-state index in [9.17, 15) is 15.3 Å². The molecule has 3 N–H and O–H groups in total. The van der Waals surface area contributed by atoms with Gasteiger partial charge < -0.3 is 15.3 Å². The Labute approximate surface area is 136 Å². The number of rotatable bonds is 13. The molecule has 0 saturated heterocycles. The van der Waals surface area contributed by atoms with Gasteiger partial charge >= 0.3 is 0 Å². The lowest BCUT2D eigenvalue weighted by Gasteiger charge is -2.35. The quantitative estimate of drug-likeness (QED) is 0.486. The Kier molecular flexibility index (Phi) is 6.73. The summed E-state index contributed by atoms with van der Waals surface area (Å²) >= 11 is 0. The molecule has 2 aliphatic carbocycles. The van der Waals surface area contributed by atoms with Crippen molar-refractivity contribution in [3.8, 4) is 0 Å². The fourth-order valence-electron chi connectivity index (χ4n) is 4.72. The zero-order valence-electron chi connectivity index (χ0n) is 14.4. The first-order valence-corrected chi connectivity index (χ1v) is 9.52. The molecule has 22 heavy (non-hydrogen) atoms. The van der Waals surface area contributed by atoms with Gasteiger partial charge in [-0.3, -0.25) is 0 Å². The molecule has 0 aromatic rings. The number of hydrogen-bond donors (Lipinski definition) is 3. The summed E-state index contributed by atoms with van der Waals surface area (Å²) in [5.41, 5.74) is 0.712. The molecule has 3 nitrogen and oxygen atoms in total. The van der Waals surface area contributed by atoms with Crippen LogP contribution in [0.15, 0.2) is 0 Å². The van der Waals surface area contributed by atoms with Crippen molar-refractivity contribution >= 4 is 0 Å². The van der Waals surface area contributed by atoms with Crippen LogP contribution in [0.2, 0.25) is 0 Å². The van der Waals surface area contributed by atoms with Gasteiger partial charge in [0.05, 0.1) is 6.10 Å². The Morgan fingerprint density at radius 1 is 0.818 bits per heavy atom. The van der Waals surface area contributed by atoms with E-state index in [4.69, 9.17) is 0 Å². The fraction of sp³-hybridized carbons (Fsp3) is 1.00. The summed E-state index contributed by atoms with van der Waals surface area (Å²) in [6, 6.07) is 0. The second-order valence-electron chi connectivity index (χ2n) is 7.95. The number of aliphatic hydroxyl groups is 3. The van der Waals surface area contributed by atoms with Crippen molar-refractivity contribution in [3.63, 3.8) is 0 Å². The number of aliphatic hydroxyl groups excluding tert-OH is 3. The van der Waals surface area contributed by atoms with Crippen LogP contribution in [0.25, 0.3) is 0 Å². The lowest BCUT2D eigenvalue weighted by atomic mass is 9.71. The van der Waals surface area contributed by atoms with Crippen LogP contribution < -0.4 is 0 Å². The van der Waals surface area contributed by atoms with Crippen molar-refractivity contribution in [2.24, 2.45) is 16.7 Å². The SMILES string of the molecule is CCCCC(O)CCCC(C1(CCO)CC1)C1(CCO)CC1. The van der Waals surface area contributed by atoms with Gasteiger partial charge in [0.2, 0.25) is 0 Å². The predicted octanol–water partition coefficient (Wildman–Crippen LogP) is 3.65. The van der Waals surface area contributed by atoms with E-state index in [0.717, 1.165) is 44.9 Å². The standard InChI is InChI=1S/C19H36O3/c1-2-3-5-16(22)6-4-7-17(18(8-9-18)12-14-20)19(10-11-19)13-15-21/h16-17,20-22H,2-15H2,1H3. The van der Waals surface area contributed by atoms with Crippen molar-refractivity contribution in [2.75, 3.05) is 13.2 Å². The average Bonchev–Trinajstić information content (AvgIpc) is 3.40. The Morgan fingerprint density at radius 2 is 1.32 bits per heavy atom. The number of unbranched alkanes of at least 4 members (excludes halogenated alkanes) is 1. The first kappa shape index (κ1) is 18.2. The Bertz CT molecular complexity index is 299. The van der Waals surface area contributed by atoms with E-state index >= 15 is 0 Å². The highest BCUT2D eigenvalue weighted by atomic mass is 16.3. The summed E-state index contributed by atoms with van der Waals surface area (Å²) in [5, 5.41) is 28.9. The highest BCUT2D eigenvalue weighted by Gasteiger charge is 2.60. The van der Waals surface area contributed by atoms with Gasteiger partial charge in [0.15, 0.2) is 0 Å². The second-order valence-corrected chi connectivity index (χ2v) is 7.95. The fourth-order valence-corrected chi connectivity index (χ4v) is 4.72. The normalized spacial score (nSPS) is 22.8. The van der Waals surface area contributed by atoms with Gasteiger partial charge in [-0.1, -0.05) is 26.2 Å². The minimum Gasteiger partial charge on any atom is -0.396 e. The molecular weight excluding hydrogens is 276 g/mol. The van der Waals surface area contributed by atoms with Gasteiger partial charge in [0.25, 0.3) is 0 Å². The van der Waals surface area contributed by atoms with Crippen molar-refractivity contribution in [2.45, 2.75) is 90.1 Å². The summed E-state index contributed by atoms with van der Waals surface area (Å²) in [4.78, 5) is 0. The minimum absolute atomic E-state index is 0.137. The molecule has 2 rings (SSSR count). The Balaban J connectivity index is 1.86. The van der Waals surface area contributed by atoms with E-state index in [2.05, 4.69) is 6.92 Å². The summed E-state index contributed by atoms with van der Waals surface area (Å²) in [6.45, 7) is 2.76. The van der Waals surface area contributed by atoms with E-state index in [1.165, 1.54) is 32.1 Å². The molecule has 0 radical (unpaired) electrons. The molecule has 1 unspecified atom stereocenters. The van der Waals surface area contributed by atoms with Crippen LogP contribution in [-0.2, 0) is 0 Å². The minimum atomic E-state index is -0.137. The van der Waals surface area contributed by atoms with Crippen LogP contribution in [-0.4, -0.2) is 34.6 Å². The molecule has 1 atom stereocenters. The zero-order chi connectivity index (χ0) is 16.1. The molecule has 2 aliphatic rings. The lowest BCUT2D eigenvalue weighted by molar-refractivity contribution is 0.0959. The van der Waals surface area contributed by atoms with Crippen LogP contribution in [0.1, 0.15) is 84.0 Å². The molecule has 0 aromatic carbocycles. The first-order chi connectivity index (χ1) is 10.6. The van der Waals surface area contributed by atoms with E-state index in [0.29, 0.717) is 30.0 Å². The Hall–Kier alpha value is -0.120. The van der Waals surface area contributed by atoms with Crippen LogP contribution in [0.5, 0.6) is 0 Å². The third kappa shape index (κ3) is 4.46. The van der Waals surface area contributed by atoms with Gasteiger partial charge in [-0.15, -0.1) is 0 Å². The summed E-state index contributed by atoms with van der Waals surface area (Å²) in [5.74, 6) is 0.651. The second kappa shape index (κ2) is 8.12. The third-order valence-electron chi connectivity index (χ3n) is 6.40. The molecule has 2 saturated carbocycles. The number of hydrogen-bond acceptors (Lipinski definition) is 3. The molecule has 0 spiro atoms. The first-order valence-electron chi connectivity index (χ1n) is 9.52. The van der Waals surface area contributed by atoms with E-state index in [1.54, 1.807) is 0 Å². The summed E-state index contributed by atoms with van der Waals surface area (Å²) in [7, 11) is 0. The smallest absolute Gasteiger partial charge is 0.0540 e. The monoisotopic (exact) mass is 312 g/mol. The van der Waals surface area contributed by atoms with Crippen molar-refractivity contribution < 1.29 is 15.3 Å². The van der Waals surface area contributed by atoms with E-state index in [1.807, 2.05) is 0 Å². The predicted molar refractivity (Wildman–Crippen MR) is 89.6 cm³/mol. The van der Waals surface area contributed by atoms with Crippen molar-refractivity contribution in [1.82, 2.24) is 0 Å². The highest BCUT2D eigenvalue weighted by Crippen LogP contribution is 2.69. The summed E-state index contributed by atoms with van der Waals surface area (Å²) < 4.78 is 0. The molecule has 0 amide bonds. The molecule has 0 aliphatic heterocycles. The molecule has 0 bridgehead atoms. The van der Waals surface area contributed by atoms with E-state index in [-0.39, 0.29) is 6.10 Å². The Morgan fingerprint density at radius 3 is 1.73 bits per heavy atom. The molecule has 3 heteroatoms. The third-order valence-corrected chi connectivity index (χ3v) is 6.40. The van der Waals surface area contributed by atoms with Gasteiger partial charge in [0.1, 0.15) is 0 Å². The molecule has 0 aromatic heterocycles. The van der Waals surface area contributed by atoms with Crippen LogP contribution in [0, 0.1) is 16.7 Å². The maximum absolute atomic E-state index is 10.1. The molecule has 130 valence electrons. The van der Waals surface area contributed by atoms with Crippen LogP contribution in [0.4, 0.5) is 0 Å². The average molecular weight is 312 g/mol. The van der Waals surface area contributed by atoms with Gasteiger partial charge in [-0.25, -0.2) is 0 Å². The van der Waals surface area contributed by atoms with Gasteiger partial charge in [0, 0.05) is 13.2 Å². The van der Waals surface area contributed by atoms with Crippen LogP contribution >= 0.6 is 0 Å². The molecule has 0 heterocycles. The summed E-state index contributed by atoms with van der Waals surface area (Å²) in [6.07, 6.45) is 13.1. The van der Waals surface area contributed by atoms with Gasteiger partial charge in [-0.05, 0) is 74.5 Å². The maximum atomic E-state index is 10.1. The highest BCUT2D eigenvalue weighted by molar-refractivity contribution is 5.10. The van der Waals surface area contributed by atoms with Crippen molar-refractivity contribution in [1.29, 1.82) is 0 Å². The van der Waals surface area contributed by atoms with E-state index < -0.39 is 0 Å².